The quantitative estimate of drug-likeness (QED) is 0.0361. The third kappa shape index (κ3) is 52.5. The van der Waals surface area contributed by atoms with Gasteiger partial charge in [0, 0.05) is 0 Å². The van der Waals surface area contributed by atoms with Crippen molar-refractivity contribution >= 4 is 5.91 Å². The molecule has 0 rings (SSSR count). The topological polar surface area (TPSA) is 89.8 Å². The van der Waals surface area contributed by atoms with Gasteiger partial charge in [-0.1, -0.05) is 321 Å². The van der Waals surface area contributed by atoms with Gasteiger partial charge in [-0.15, -0.1) is 0 Å². The van der Waals surface area contributed by atoms with Crippen LogP contribution in [-0.4, -0.2) is 46.1 Å². The molecule has 0 saturated heterocycles. The molecule has 0 aliphatic rings. The highest BCUT2D eigenvalue weighted by atomic mass is 16.3. The molecule has 0 radical (unpaired) electrons. The highest BCUT2D eigenvalue weighted by Gasteiger charge is 2.23. The predicted molar refractivity (Wildman–Crippen MR) is 296 cm³/mol. The van der Waals surface area contributed by atoms with Gasteiger partial charge in [0.15, 0.2) is 0 Å². The Balaban J connectivity index is 3.45. The van der Waals surface area contributed by atoms with E-state index in [0.717, 1.165) is 38.5 Å². The van der Waals surface area contributed by atoms with E-state index >= 15 is 0 Å². The van der Waals surface area contributed by atoms with Crippen molar-refractivity contribution in [2.75, 3.05) is 6.61 Å². The minimum atomic E-state index is -1.07. The molecule has 0 heterocycles. The van der Waals surface area contributed by atoms with Crippen molar-refractivity contribution in [3.05, 3.63) is 24.3 Å². The first-order chi connectivity index (χ1) is 33.1. The Labute approximate surface area is 420 Å². The van der Waals surface area contributed by atoms with Gasteiger partial charge in [0.05, 0.1) is 18.8 Å². The number of allylic oxidation sites excluding steroid dienone is 4. The molecule has 67 heavy (non-hydrogen) atoms. The lowest BCUT2D eigenvalue weighted by Gasteiger charge is -2.23. The van der Waals surface area contributed by atoms with Crippen LogP contribution in [0.4, 0.5) is 0 Å². The fraction of sp³-hybridized carbons (Fsp3) is 0.919. The van der Waals surface area contributed by atoms with Crippen LogP contribution in [0.1, 0.15) is 341 Å². The first-order valence-electron chi connectivity index (χ1n) is 30.6. The van der Waals surface area contributed by atoms with Crippen molar-refractivity contribution in [2.24, 2.45) is 0 Å². The van der Waals surface area contributed by atoms with Crippen LogP contribution in [0.5, 0.6) is 0 Å². The second-order valence-corrected chi connectivity index (χ2v) is 21.3. The zero-order chi connectivity index (χ0) is 48.6. The number of hydrogen-bond donors (Lipinski definition) is 4. The lowest BCUT2D eigenvalue weighted by Crippen LogP contribution is -2.49. The maximum absolute atomic E-state index is 12.6. The summed E-state index contributed by atoms with van der Waals surface area (Å²) in [4.78, 5) is 12.6. The predicted octanol–water partition coefficient (Wildman–Crippen LogP) is 19.2. The SMILES string of the molecule is CCCCCCCCCCCCCCCCC/C=C\C/C=C\CCCCCCCCCCCCCCCCCCC(O)C(=O)NC(CO)C(O)CCCCCCCCCCCCCCCCC. The zero-order valence-corrected chi connectivity index (χ0v) is 45.6. The van der Waals surface area contributed by atoms with Crippen molar-refractivity contribution in [2.45, 2.75) is 360 Å². The second-order valence-electron chi connectivity index (χ2n) is 21.3. The molecule has 4 N–H and O–H groups in total. The molecule has 0 aromatic heterocycles. The second kappa shape index (κ2) is 57.4. The van der Waals surface area contributed by atoms with E-state index < -0.39 is 24.2 Å². The zero-order valence-electron chi connectivity index (χ0n) is 45.6. The summed E-state index contributed by atoms with van der Waals surface area (Å²) in [5, 5.41) is 33.5. The summed E-state index contributed by atoms with van der Waals surface area (Å²) in [6.45, 7) is 4.26. The van der Waals surface area contributed by atoms with Crippen molar-refractivity contribution in [3.63, 3.8) is 0 Å². The lowest BCUT2D eigenvalue weighted by atomic mass is 10.0. The molecule has 0 bridgehead atoms. The highest BCUT2D eigenvalue weighted by Crippen LogP contribution is 2.18. The molecule has 0 aromatic rings. The van der Waals surface area contributed by atoms with E-state index in [2.05, 4.69) is 43.5 Å². The molecule has 0 spiro atoms. The Morgan fingerprint density at radius 2 is 0.612 bits per heavy atom. The highest BCUT2D eigenvalue weighted by molar-refractivity contribution is 5.80. The molecular formula is C62H121NO4. The Morgan fingerprint density at radius 1 is 0.358 bits per heavy atom. The molecular weight excluding hydrogens is 823 g/mol. The summed E-state index contributed by atoms with van der Waals surface area (Å²) in [5.74, 6) is -0.466. The molecule has 0 aromatic carbocycles. The molecule has 3 atom stereocenters. The summed E-state index contributed by atoms with van der Waals surface area (Å²) >= 11 is 0. The number of unbranched alkanes of at least 4 members (excludes halogenated alkanes) is 45. The molecule has 3 unspecified atom stereocenters. The molecule has 398 valence electrons. The third-order valence-corrected chi connectivity index (χ3v) is 14.6. The molecule has 0 aliphatic heterocycles. The minimum absolute atomic E-state index is 0.310. The van der Waals surface area contributed by atoms with Crippen LogP contribution in [0.2, 0.25) is 0 Å². The maximum Gasteiger partial charge on any atom is 0.249 e. The summed E-state index contributed by atoms with van der Waals surface area (Å²) in [6, 6.07) is -0.710. The van der Waals surface area contributed by atoms with Gasteiger partial charge in [-0.2, -0.15) is 0 Å². The molecule has 0 fully saturated rings. The van der Waals surface area contributed by atoms with E-state index in [0.29, 0.717) is 12.8 Å². The molecule has 0 saturated carbocycles. The summed E-state index contributed by atoms with van der Waals surface area (Å²) in [6.07, 6.45) is 74.0. The Hall–Kier alpha value is -1.17. The van der Waals surface area contributed by atoms with Crippen LogP contribution in [0.25, 0.3) is 0 Å². The van der Waals surface area contributed by atoms with Gasteiger partial charge in [-0.3, -0.25) is 4.79 Å². The van der Waals surface area contributed by atoms with Crippen LogP contribution >= 0.6 is 0 Å². The van der Waals surface area contributed by atoms with E-state index in [1.807, 2.05) is 0 Å². The van der Waals surface area contributed by atoms with Gasteiger partial charge in [0.2, 0.25) is 5.91 Å². The minimum Gasteiger partial charge on any atom is -0.394 e. The monoisotopic (exact) mass is 944 g/mol. The first kappa shape index (κ1) is 65.8. The van der Waals surface area contributed by atoms with Gasteiger partial charge in [0.1, 0.15) is 6.10 Å². The van der Waals surface area contributed by atoms with Gasteiger partial charge in [-0.25, -0.2) is 0 Å². The van der Waals surface area contributed by atoms with Crippen molar-refractivity contribution < 1.29 is 20.1 Å². The van der Waals surface area contributed by atoms with E-state index in [4.69, 9.17) is 0 Å². The number of hydrogen-bond acceptors (Lipinski definition) is 4. The van der Waals surface area contributed by atoms with E-state index in [9.17, 15) is 20.1 Å². The van der Waals surface area contributed by atoms with Crippen molar-refractivity contribution in [1.82, 2.24) is 5.32 Å². The molecule has 5 heteroatoms. The van der Waals surface area contributed by atoms with Gasteiger partial charge in [-0.05, 0) is 44.9 Å². The summed E-state index contributed by atoms with van der Waals surface area (Å²) in [5.41, 5.74) is 0. The lowest BCUT2D eigenvalue weighted by molar-refractivity contribution is -0.131. The number of carbonyl (C=O) groups is 1. The molecule has 1 amide bonds. The Bertz CT molecular complexity index is 998. The Kier molecular flexibility index (Phi) is 56.4. The van der Waals surface area contributed by atoms with Crippen LogP contribution in [0, 0.1) is 0 Å². The molecule has 0 aliphatic carbocycles. The smallest absolute Gasteiger partial charge is 0.249 e. The van der Waals surface area contributed by atoms with Gasteiger partial charge >= 0.3 is 0 Å². The maximum atomic E-state index is 12.6. The number of rotatable bonds is 57. The average Bonchev–Trinajstić information content (AvgIpc) is 3.33. The van der Waals surface area contributed by atoms with Crippen LogP contribution in [-0.2, 0) is 4.79 Å². The normalized spacial score (nSPS) is 13.3. The van der Waals surface area contributed by atoms with Crippen LogP contribution < -0.4 is 5.32 Å². The number of carbonyl (C=O) groups excluding carboxylic acids is 1. The van der Waals surface area contributed by atoms with Crippen LogP contribution in [0.15, 0.2) is 24.3 Å². The van der Waals surface area contributed by atoms with E-state index in [1.165, 1.54) is 276 Å². The summed E-state index contributed by atoms with van der Waals surface area (Å²) < 4.78 is 0. The fourth-order valence-corrected chi connectivity index (χ4v) is 9.81. The summed E-state index contributed by atoms with van der Waals surface area (Å²) in [7, 11) is 0. The number of aliphatic hydroxyl groups is 3. The van der Waals surface area contributed by atoms with Crippen LogP contribution in [0.3, 0.4) is 0 Å². The largest absolute Gasteiger partial charge is 0.394 e. The molecule has 5 nitrogen and oxygen atoms in total. The van der Waals surface area contributed by atoms with E-state index in [1.54, 1.807) is 0 Å². The van der Waals surface area contributed by atoms with Gasteiger partial charge in [0.25, 0.3) is 0 Å². The number of nitrogens with one attached hydrogen (secondary N) is 1. The number of amides is 1. The number of aliphatic hydroxyl groups excluding tert-OH is 3. The van der Waals surface area contributed by atoms with Gasteiger partial charge < -0.3 is 20.6 Å². The standard InChI is InChI=1S/C62H121NO4/c1-3-5-7-9-11-13-15-17-19-20-21-22-23-24-25-26-27-28-29-30-31-32-33-34-35-36-37-38-39-40-41-43-45-47-49-51-53-55-57-61(66)62(67)63-59(58-64)60(65)56-54-52-50-48-46-44-42-18-16-14-12-10-8-6-4-2/h27-28,30-31,59-61,64-66H,3-26,29,32-58H2,1-2H3,(H,63,67)/b28-27-,31-30-. The van der Waals surface area contributed by atoms with Crippen molar-refractivity contribution in [1.29, 1.82) is 0 Å². The fourth-order valence-electron chi connectivity index (χ4n) is 9.81. The first-order valence-corrected chi connectivity index (χ1v) is 30.6. The van der Waals surface area contributed by atoms with E-state index in [-0.39, 0.29) is 6.61 Å². The third-order valence-electron chi connectivity index (χ3n) is 14.6. The van der Waals surface area contributed by atoms with Crippen molar-refractivity contribution in [3.8, 4) is 0 Å². The Morgan fingerprint density at radius 3 is 0.896 bits per heavy atom. The average molecular weight is 945 g/mol.